The minimum atomic E-state index is 0. The summed E-state index contributed by atoms with van der Waals surface area (Å²) in [5, 5.41) is 6.57. The second-order valence-corrected chi connectivity index (χ2v) is 5.39. The molecule has 0 saturated carbocycles. The maximum absolute atomic E-state index is 5.14. The second-order valence-electron chi connectivity index (χ2n) is 5.39. The first-order chi connectivity index (χ1) is 11.1. The van der Waals surface area contributed by atoms with E-state index in [-0.39, 0.29) is 30.0 Å². The first-order valence-electron chi connectivity index (χ1n) is 8.38. The standard InChI is InChI=1S/C17H31N5O.HI/c1-6-18-17(21-14(4)13-23-5)20-12-15-9-10-16(19-11-15)22(7-2)8-3;/h9-11,14H,6-8,12-13H2,1-5H3,(H2,18,20,21);1H. The van der Waals surface area contributed by atoms with Gasteiger partial charge in [0.05, 0.1) is 13.2 Å². The predicted molar refractivity (Wildman–Crippen MR) is 113 cm³/mol. The summed E-state index contributed by atoms with van der Waals surface area (Å²) in [6.45, 7) is 12.4. The third-order valence-electron chi connectivity index (χ3n) is 3.46. The van der Waals surface area contributed by atoms with Crippen molar-refractivity contribution in [2.45, 2.75) is 40.3 Å². The van der Waals surface area contributed by atoms with Crippen molar-refractivity contribution in [1.82, 2.24) is 15.6 Å². The largest absolute Gasteiger partial charge is 0.383 e. The van der Waals surface area contributed by atoms with Gasteiger partial charge in [-0.05, 0) is 39.3 Å². The average Bonchev–Trinajstić information content (AvgIpc) is 2.55. The van der Waals surface area contributed by atoms with Crippen LogP contribution in [0.5, 0.6) is 0 Å². The van der Waals surface area contributed by atoms with Crippen LogP contribution in [0.25, 0.3) is 0 Å². The molecule has 1 atom stereocenters. The van der Waals surface area contributed by atoms with Crippen molar-refractivity contribution in [3.05, 3.63) is 23.9 Å². The zero-order chi connectivity index (χ0) is 17.1. The van der Waals surface area contributed by atoms with Gasteiger partial charge in [0.2, 0.25) is 0 Å². The lowest BCUT2D eigenvalue weighted by Crippen LogP contribution is -2.43. The minimum Gasteiger partial charge on any atom is -0.383 e. The lowest BCUT2D eigenvalue weighted by Gasteiger charge is -2.19. The highest BCUT2D eigenvalue weighted by molar-refractivity contribution is 14.0. The van der Waals surface area contributed by atoms with Crippen LogP contribution in [-0.2, 0) is 11.3 Å². The van der Waals surface area contributed by atoms with Gasteiger partial charge in [0.15, 0.2) is 5.96 Å². The molecule has 1 heterocycles. The number of ether oxygens (including phenoxy) is 1. The molecular formula is C17H32IN5O. The molecule has 138 valence electrons. The molecule has 1 aromatic rings. The average molecular weight is 449 g/mol. The van der Waals surface area contributed by atoms with Crippen LogP contribution in [-0.4, -0.2) is 50.3 Å². The molecule has 1 aromatic heterocycles. The fraction of sp³-hybridized carbons (Fsp3) is 0.647. The number of nitrogens with zero attached hydrogens (tertiary/aromatic N) is 3. The highest BCUT2D eigenvalue weighted by Gasteiger charge is 2.05. The smallest absolute Gasteiger partial charge is 0.191 e. The molecule has 0 aliphatic carbocycles. The number of hydrogen-bond donors (Lipinski definition) is 2. The van der Waals surface area contributed by atoms with Crippen molar-refractivity contribution in [2.24, 2.45) is 4.99 Å². The minimum absolute atomic E-state index is 0. The summed E-state index contributed by atoms with van der Waals surface area (Å²) in [6, 6.07) is 4.36. The molecule has 24 heavy (non-hydrogen) atoms. The van der Waals surface area contributed by atoms with Crippen LogP contribution in [0.1, 0.15) is 33.3 Å². The van der Waals surface area contributed by atoms with Crippen LogP contribution in [0, 0.1) is 0 Å². The third kappa shape index (κ3) is 8.14. The van der Waals surface area contributed by atoms with Gasteiger partial charge >= 0.3 is 0 Å². The summed E-state index contributed by atoms with van der Waals surface area (Å²) in [6.07, 6.45) is 1.90. The first-order valence-corrected chi connectivity index (χ1v) is 8.38. The Bertz CT molecular complexity index is 463. The van der Waals surface area contributed by atoms with Gasteiger partial charge in [0.25, 0.3) is 0 Å². The van der Waals surface area contributed by atoms with E-state index >= 15 is 0 Å². The number of aliphatic imine (C=N–C) groups is 1. The summed E-state index contributed by atoms with van der Waals surface area (Å²) in [5.74, 6) is 1.81. The molecule has 7 heteroatoms. The molecule has 0 fully saturated rings. The summed E-state index contributed by atoms with van der Waals surface area (Å²) in [5.41, 5.74) is 1.09. The van der Waals surface area contributed by atoms with Crippen molar-refractivity contribution in [2.75, 3.05) is 38.3 Å². The Balaban J connectivity index is 0.00000529. The molecule has 0 saturated heterocycles. The molecule has 0 aliphatic heterocycles. The molecule has 0 radical (unpaired) electrons. The van der Waals surface area contributed by atoms with Gasteiger partial charge in [-0.2, -0.15) is 0 Å². The highest BCUT2D eigenvalue weighted by atomic mass is 127. The van der Waals surface area contributed by atoms with E-state index in [1.165, 1.54) is 0 Å². The summed E-state index contributed by atoms with van der Waals surface area (Å²) in [7, 11) is 1.70. The summed E-state index contributed by atoms with van der Waals surface area (Å²) < 4.78 is 5.14. The Labute approximate surface area is 163 Å². The fourth-order valence-corrected chi connectivity index (χ4v) is 2.26. The third-order valence-corrected chi connectivity index (χ3v) is 3.46. The molecule has 0 amide bonds. The van der Waals surface area contributed by atoms with Gasteiger partial charge in [-0.15, -0.1) is 24.0 Å². The number of aromatic nitrogens is 1. The Hall–Kier alpha value is -1.09. The van der Waals surface area contributed by atoms with Crippen molar-refractivity contribution in [1.29, 1.82) is 0 Å². The van der Waals surface area contributed by atoms with Crippen LogP contribution in [0.4, 0.5) is 5.82 Å². The van der Waals surface area contributed by atoms with Crippen molar-refractivity contribution in [3.63, 3.8) is 0 Å². The monoisotopic (exact) mass is 449 g/mol. The molecule has 0 aromatic carbocycles. The van der Waals surface area contributed by atoms with E-state index in [4.69, 9.17) is 4.74 Å². The lowest BCUT2D eigenvalue weighted by atomic mass is 10.3. The Morgan fingerprint density at radius 3 is 2.50 bits per heavy atom. The highest BCUT2D eigenvalue weighted by Crippen LogP contribution is 2.11. The molecule has 2 N–H and O–H groups in total. The maximum Gasteiger partial charge on any atom is 0.191 e. The number of anilines is 1. The molecule has 0 aliphatic rings. The van der Waals surface area contributed by atoms with Crippen LogP contribution >= 0.6 is 24.0 Å². The van der Waals surface area contributed by atoms with Gasteiger partial charge in [-0.25, -0.2) is 9.98 Å². The van der Waals surface area contributed by atoms with E-state index < -0.39 is 0 Å². The van der Waals surface area contributed by atoms with E-state index in [0.717, 1.165) is 37.0 Å². The number of halogens is 1. The lowest BCUT2D eigenvalue weighted by molar-refractivity contribution is 0.179. The van der Waals surface area contributed by atoms with Gasteiger partial charge < -0.3 is 20.3 Å². The maximum atomic E-state index is 5.14. The predicted octanol–water partition coefficient (Wildman–Crippen LogP) is 2.64. The van der Waals surface area contributed by atoms with Gasteiger partial charge in [0, 0.05) is 39.0 Å². The molecule has 6 nitrogen and oxygen atoms in total. The topological polar surface area (TPSA) is 61.8 Å². The van der Waals surface area contributed by atoms with E-state index in [9.17, 15) is 0 Å². The zero-order valence-electron chi connectivity index (χ0n) is 15.5. The second kappa shape index (κ2) is 13.2. The van der Waals surface area contributed by atoms with Crippen LogP contribution in [0.2, 0.25) is 0 Å². The number of hydrogen-bond acceptors (Lipinski definition) is 4. The molecule has 1 unspecified atom stereocenters. The zero-order valence-corrected chi connectivity index (χ0v) is 17.8. The van der Waals surface area contributed by atoms with E-state index in [2.05, 4.69) is 65.3 Å². The quantitative estimate of drug-likeness (QED) is 0.345. The van der Waals surface area contributed by atoms with Gasteiger partial charge in [-0.1, -0.05) is 6.07 Å². The Morgan fingerprint density at radius 2 is 2.00 bits per heavy atom. The van der Waals surface area contributed by atoms with Crippen molar-refractivity contribution >= 4 is 35.8 Å². The molecule has 0 bridgehead atoms. The number of pyridine rings is 1. The summed E-state index contributed by atoms with van der Waals surface area (Å²) in [4.78, 5) is 11.4. The number of nitrogens with one attached hydrogen (secondary N) is 2. The normalized spacial score (nSPS) is 12.3. The SMILES string of the molecule is CCNC(=NCc1ccc(N(CC)CC)nc1)NC(C)COC.I. The first kappa shape index (κ1) is 22.9. The van der Waals surface area contributed by atoms with Gasteiger partial charge in [0.1, 0.15) is 5.82 Å². The van der Waals surface area contributed by atoms with Crippen molar-refractivity contribution < 1.29 is 4.74 Å². The number of rotatable bonds is 9. The number of methoxy groups -OCH3 is 1. The van der Waals surface area contributed by atoms with Crippen molar-refractivity contribution in [3.8, 4) is 0 Å². The Morgan fingerprint density at radius 1 is 1.29 bits per heavy atom. The number of guanidine groups is 1. The van der Waals surface area contributed by atoms with Gasteiger partial charge in [-0.3, -0.25) is 0 Å². The van der Waals surface area contributed by atoms with E-state index in [1.807, 2.05) is 6.20 Å². The van der Waals surface area contributed by atoms with Crippen LogP contribution in [0.15, 0.2) is 23.3 Å². The molecule has 1 rings (SSSR count). The van der Waals surface area contributed by atoms with E-state index in [0.29, 0.717) is 13.2 Å². The fourth-order valence-electron chi connectivity index (χ4n) is 2.26. The molecule has 0 spiro atoms. The molecular weight excluding hydrogens is 417 g/mol. The Kier molecular flexibility index (Phi) is 12.6. The van der Waals surface area contributed by atoms with E-state index in [1.54, 1.807) is 7.11 Å². The summed E-state index contributed by atoms with van der Waals surface area (Å²) >= 11 is 0. The van der Waals surface area contributed by atoms with Crippen LogP contribution < -0.4 is 15.5 Å². The van der Waals surface area contributed by atoms with Crippen LogP contribution in [0.3, 0.4) is 0 Å².